The van der Waals surface area contributed by atoms with E-state index in [0.29, 0.717) is 60.6 Å². The minimum absolute atomic E-state index is 0.0110. The molecule has 3 rings (SSSR count). The Balaban J connectivity index is 1.92. The molecule has 1 amide bonds. The average molecular weight is 472 g/mol. The molecule has 0 aromatic heterocycles. The number of ether oxygens (including phenoxy) is 6. The lowest BCUT2D eigenvalue weighted by atomic mass is 10.1. The summed E-state index contributed by atoms with van der Waals surface area (Å²) in [5.74, 6) is 2.33. The van der Waals surface area contributed by atoms with Gasteiger partial charge in [-0.2, -0.15) is 0 Å². The zero-order chi connectivity index (χ0) is 24.5. The molecule has 2 aromatic rings. The first-order chi connectivity index (χ1) is 16.5. The fraction of sp³-hybridized carbons (Fsp3) is 0.423. The summed E-state index contributed by atoms with van der Waals surface area (Å²) in [6.07, 6.45) is 3.56. The normalized spacial score (nSPS) is 14.9. The molecule has 1 atom stereocenters. The van der Waals surface area contributed by atoms with Crippen LogP contribution in [0.5, 0.6) is 28.7 Å². The molecule has 0 spiro atoms. The maximum atomic E-state index is 13.7. The van der Waals surface area contributed by atoms with Crippen molar-refractivity contribution in [2.24, 2.45) is 0 Å². The smallest absolute Gasteiger partial charge is 0.254 e. The maximum absolute atomic E-state index is 13.7. The number of carbonyl (C=O) groups is 1. The monoisotopic (exact) mass is 471 g/mol. The second kappa shape index (κ2) is 12.2. The molecule has 34 heavy (non-hydrogen) atoms. The number of amides is 1. The van der Waals surface area contributed by atoms with Crippen LogP contribution in [0.25, 0.3) is 0 Å². The van der Waals surface area contributed by atoms with Crippen molar-refractivity contribution in [3.05, 3.63) is 54.1 Å². The summed E-state index contributed by atoms with van der Waals surface area (Å²) >= 11 is 0. The minimum atomic E-state index is -0.166. The molecule has 1 unspecified atom stereocenters. The predicted octanol–water partition coefficient (Wildman–Crippen LogP) is 4.11. The van der Waals surface area contributed by atoms with Gasteiger partial charge in [-0.1, -0.05) is 18.7 Å². The van der Waals surface area contributed by atoms with Crippen LogP contribution in [0, 0.1) is 0 Å². The molecule has 1 saturated heterocycles. The summed E-state index contributed by atoms with van der Waals surface area (Å²) in [6, 6.07) is 8.97. The quantitative estimate of drug-likeness (QED) is 0.431. The molecule has 8 nitrogen and oxygen atoms in total. The van der Waals surface area contributed by atoms with Gasteiger partial charge in [0.25, 0.3) is 5.91 Å². The summed E-state index contributed by atoms with van der Waals surface area (Å²) in [5, 5.41) is 0. The fourth-order valence-electron chi connectivity index (χ4n) is 3.94. The number of methoxy groups -OCH3 is 4. The standard InChI is InChI=1S/C26H33NO7/c1-6-11-34-21-10-9-18(13-22(21)29-2)16-27(17-20-8-7-12-33-20)26(28)19-14-23(30-3)25(32-5)24(15-19)31-4/h6,9-10,13-15,20H,1,7-8,11-12,16-17H2,2-5H3. The molecule has 0 N–H and O–H groups in total. The maximum Gasteiger partial charge on any atom is 0.254 e. The van der Waals surface area contributed by atoms with Crippen molar-refractivity contribution in [1.82, 2.24) is 4.90 Å². The Morgan fingerprint density at radius 3 is 2.29 bits per heavy atom. The Labute approximate surface area is 201 Å². The summed E-state index contributed by atoms with van der Waals surface area (Å²) in [4.78, 5) is 15.5. The van der Waals surface area contributed by atoms with Crippen molar-refractivity contribution in [3.63, 3.8) is 0 Å². The lowest BCUT2D eigenvalue weighted by molar-refractivity contribution is 0.0506. The van der Waals surface area contributed by atoms with Gasteiger partial charge in [-0.15, -0.1) is 0 Å². The first-order valence-electron chi connectivity index (χ1n) is 11.2. The second-order valence-corrected chi connectivity index (χ2v) is 7.82. The van der Waals surface area contributed by atoms with Crippen molar-refractivity contribution in [2.75, 3.05) is 48.2 Å². The van der Waals surface area contributed by atoms with E-state index in [4.69, 9.17) is 28.4 Å². The summed E-state index contributed by atoms with van der Waals surface area (Å²) in [5.41, 5.74) is 1.34. The average Bonchev–Trinajstić information content (AvgIpc) is 3.39. The van der Waals surface area contributed by atoms with Crippen LogP contribution in [-0.4, -0.2) is 65.1 Å². The molecular weight excluding hydrogens is 438 g/mol. The number of benzene rings is 2. The van der Waals surface area contributed by atoms with Gasteiger partial charge in [-0.05, 0) is 42.7 Å². The van der Waals surface area contributed by atoms with Gasteiger partial charge in [0, 0.05) is 25.3 Å². The van der Waals surface area contributed by atoms with Crippen molar-refractivity contribution in [3.8, 4) is 28.7 Å². The molecule has 1 heterocycles. The Hall–Kier alpha value is -3.39. The molecule has 1 aliphatic rings. The number of hydrogen-bond donors (Lipinski definition) is 0. The Bertz CT molecular complexity index is 960. The first kappa shape index (κ1) is 25.2. The van der Waals surface area contributed by atoms with Gasteiger partial charge in [0.05, 0.1) is 34.5 Å². The molecule has 0 bridgehead atoms. The lowest BCUT2D eigenvalue weighted by Crippen LogP contribution is -2.37. The van der Waals surface area contributed by atoms with Gasteiger partial charge in [0.15, 0.2) is 23.0 Å². The highest BCUT2D eigenvalue weighted by molar-refractivity contribution is 5.95. The topological polar surface area (TPSA) is 75.7 Å². The van der Waals surface area contributed by atoms with Gasteiger partial charge < -0.3 is 33.3 Å². The van der Waals surface area contributed by atoms with E-state index in [1.165, 1.54) is 21.3 Å². The van der Waals surface area contributed by atoms with Crippen molar-refractivity contribution >= 4 is 5.91 Å². The number of rotatable bonds is 12. The molecule has 0 saturated carbocycles. The Morgan fingerprint density at radius 2 is 1.74 bits per heavy atom. The van der Waals surface area contributed by atoms with E-state index in [9.17, 15) is 4.79 Å². The van der Waals surface area contributed by atoms with E-state index in [2.05, 4.69) is 6.58 Å². The van der Waals surface area contributed by atoms with Gasteiger partial charge in [-0.3, -0.25) is 4.79 Å². The molecule has 184 valence electrons. The molecule has 0 radical (unpaired) electrons. The van der Waals surface area contributed by atoms with Gasteiger partial charge >= 0.3 is 0 Å². The van der Waals surface area contributed by atoms with Crippen molar-refractivity contribution in [2.45, 2.75) is 25.5 Å². The van der Waals surface area contributed by atoms with Crippen LogP contribution in [0.2, 0.25) is 0 Å². The lowest BCUT2D eigenvalue weighted by Gasteiger charge is -2.26. The van der Waals surface area contributed by atoms with Crippen LogP contribution >= 0.6 is 0 Å². The van der Waals surface area contributed by atoms with E-state index in [1.807, 2.05) is 18.2 Å². The highest BCUT2D eigenvalue weighted by atomic mass is 16.5. The highest BCUT2D eigenvalue weighted by Crippen LogP contribution is 2.38. The van der Waals surface area contributed by atoms with Gasteiger partial charge in [0.1, 0.15) is 6.61 Å². The summed E-state index contributed by atoms with van der Waals surface area (Å²) < 4.78 is 33.2. The van der Waals surface area contributed by atoms with Gasteiger partial charge in [-0.25, -0.2) is 0 Å². The van der Waals surface area contributed by atoms with Crippen LogP contribution in [0.4, 0.5) is 0 Å². The zero-order valence-corrected chi connectivity index (χ0v) is 20.3. The zero-order valence-electron chi connectivity index (χ0n) is 20.3. The van der Waals surface area contributed by atoms with Crippen molar-refractivity contribution < 1.29 is 33.2 Å². The third kappa shape index (κ3) is 5.94. The highest BCUT2D eigenvalue weighted by Gasteiger charge is 2.26. The first-order valence-corrected chi connectivity index (χ1v) is 11.2. The third-order valence-corrected chi connectivity index (χ3v) is 5.61. The number of nitrogens with zero attached hydrogens (tertiary/aromatic N) is 1. The van der Waals surface area contributed by atoms with E-state index >= 15 is 0 Å². The van der Waals surface area contributed by atoms with Crippen LogP contribution in [0.1, 0.15) is 28.8 Å². The molecule has 0 aliphatic carbocycles. The van der Waals surface area contributed by atoms with E-state index in [1.54, 1.807) is 30.2 Å². The summed E-state index contributed by atoms with van der Waals surface area (Å²) in [6.45, 7) is 5.59. The summed E-state index contributed by atoms with van der Waals surface area (Å²) in [7, 11) is 6.17. The van der Waals surface area contributed by atoms with Crippen molar-refractivity contribution in [1.29, 1.82) is 0 Å². The molecular formula is C26H33NO7. The molecule has 1 fully saturated rings. The SMILES string of the molecule is C=CCOc1ccc(CN(CC2CCCO2)C(=O)c2cc(OC)c(OC)c(OC)c2)cc1OC. The minimum Gasteiger partial charge on any atom is -0.493 e. The fourth-order valence-corrected chi connectivity index (χ4v) is 3.94. The number of hydrogen-bond acceptors (Lipinski definition) is 7. The van der Waals surface area contributed by atoms with E-state index in [-0.39, 0.29) is 12.0 Å². The van der Waals surface area contributed by atoms with E-state index < -0.39 is 0 Å². The van der Waals surface area contributed by atoms with Crippen LogP contribution in [0.15, 0.2) is 43.0 Å². The van der Waals surface area contributed by atoms with Crippen LogP contribution < -0.4 is 23.7 Å². The Morgan fingerprint density at radius 1 is 1.03 bits per heavy atom. The predicted molar refractivity (Wildman–Crippen MR) is 128 cm³/mol. The van der Waals surface area contributed by atoms with E-state index in [0.717, 1.165) is 18.4 Å². The molecule has 1 aliphatic heterocycles. The Kier molecular flexibility index (Phi) is 9.04. The molecule has 2 aromatic carbocycles. The second-order valence-electron chi connectivity index (χ2n) is 7.82. The number of carbonyl (C=O) groups excluding carboxylic acids is 1. The molecule has 8 heteroatoms. The van der Waals surface area contributed by atoms with Crippen LogP contribution in [-0.2, 0) is 11.3 Å². The largest absolute Gasteiger partial charge is 0.493 e. The third-order valence-electron chi connectivity index (χ3n) is 5.61. The van der Waals surface area contributed by atoms with Gasteiger partial charge in [0.2, 0.25) is 5.75 Å². The van der Waals surface area contributed by atoms with Crippen LogP contribution in [0.3, 0.4) is 0 Å².